The van der Waals surface area contributed by atoms with Crippen molar-refractivity contribution >= 4 is 5.91 Å². The molecule has 0 bridgehead atoms. The predicted molar refractivity (Wildman–Crippen MR) is 86.4 cm³/mol. The predicted octanol–water partition coefficient (Wildman–Crippen LogP) is 1.86. The zero-order valence-corrected chi connectivity index (χ0v) is 14.1. The number of aromatic nitrogens is 1. The summed E-state index contributed by atoms with van der Waals surface area (Å²) in [6.45, 7) is 8.07. The first-order valence-corrected chi connectivity index (χ1v) is 8.67. The summed E-state index contributed by atoms with van der Waals surface area (Å²) in [5, 5.41) is 14.7. The highest BCUT2D eigenvalue weighted by molar-refractivity contribution is 5.92. The van der Waals surface area contributed by atoms with Crippen LogP contribution >= 0.6 is 0 Å². The molecule has 128 valence electrons. The third kappa shape index (κ3) is 3.75. The van der Waals surface area contributed by atoms with Gasteiger partial charge in [0.25, 0.3) is 5.91 Å². The summed E-state index contributed by atoms with van der Waals surface area (Å²) >= 11 is 0. The Labute approximate surface area is 137 Å². The number of aliphatic hydroxyl groups is 1. The van der Waals surface area contributed by atoms with E-state index in [-0.39, 0.29) is 11.8 Å². The first-order chi connectivity index (χ1) is 11.0. The Kier molecular flexibility index (Phi) is 4.73. The molecule has 2 saturated heterocycles. The van der Waals surface area contributed by atoms with E-state index in [1.165, 1.54) is 12.8 Å². The van der Waals surface area contributed by atoms with Gasteiger partial charge in [0.2, 0.25) is 0 Å². The van der Waals surface area contributed by atoms with Crippen LogP contribution in [0.5, 0.6) is 0 Å². The molecule has 0 unspecified atom stereocenters. The highest BCUT2D eigenvalue weighted by Crippen LogP contribution is 2.26. The molecule has 2 fully saturated rings. The minimum absolute atomic E-state index is 0.0936. The van der Waals surface area contributed by atoms with Crippen LogP contribution in [0.1, 0.15) is 61.7 Å². The Morgan fingerprint density at radius 3 is 2.52 bits per heavy atom. The maximum Gasteiger partial charge on any atom is 0.276 e. The van der Waals surface area contributed by atoms with Gasteiger partial charge in [-0.05, 0) is 38.8 Å². The van der Waals surface area contributed by atoms with Gasteiger partial charge in [-0.15, -0.1) is 0 Å². The summed E-state index contributed by atoms with van der Waals surface area (Å²) in [5.74, 6) is 0.857. The van der Waals surface area contributed by atoms with E-state index in [1.54, 1.807) is 11.0 Å². The molecule has 1 amide bonds. The molecule has 0 spiro atoms. The minimum atomic E-state index is -0.659. The maximum absolute atomic E-state index is 12.5. The fourth-order valence-corrected chi connectivity index (χ4v) is 3.47. The Hall–Kier alpha value is -1.40. The number of β-amino-alcohol motifs (C(OH)–C–C–N with tert-alkyl or cyclic N) is 1. The molecule has 0 atom stereocenters. The van der Waals surface area contributed by atoms with Crippen molar-refractivity contribution in [2.24, 2.45) is 0 Å². The highest BCUT2D eigenvalue weighted by Gasteiger charge is 2.36. The quantitative estimate of drug-likeness (QED) is 0.916. The summed E-state index contributed by atoms with van der Waals surface area (Å²) in [5.41, 5.74) is -0.285. The number of carbonyl (C=O) groups is 1. The second-order valence-electron chi connectivity index (χ2n) is 7.27. The molecule has 3 rings (SSSR count). The van der Waals surface area contributed by atoms with Gasteiger partial charge in [0.05, 0.1) is 5.60 Å². The number of carbonyl (C=O) groups excluding carboxylic acids is 1. The molecule has 1 aromatic rings. The van der Waals surface area contributed by atoms with Gasteiger partial charge in [0, 0.05) is 31.6 Å². The average Bonchev–Trinajstić information content (AvgIpc) is 3.18. The average molecular weight is 321 g/mol. The minimum Gasteiger partial charge on any atom is -0.388 e. The molecule has 2 aliphatic heterocycles. The number of piperidine rings is 1. The molecule has 23 heavy (non-hydrogen) atoms. The molecule has 6 nitrogen and oxygen atoms in total. The van der Waals surface area contributed by atoms with Crippen LogP contribution in [0.3, 0.4) is 0 Å². The molecule has 3 heterocycles. The molecule has 0 saturated carbocycles. The molecular weight excluding hydrogens is 294 g/mol. The first-order valence-electron chi connectivity index (χ1n) is 8.67. The monoisotopic (exact) mass is 321 g/mol. The van der Waals surface area contributed by atoms with Crippen LogP contribution in [-0.2, 0) is 0 Å². The smallest absolute Gasteiger partial charge is 0.276 e. The van der Waals surface area contributed by atoms with Crippen molar-refractivity contribution in [2.75, 3.05) is 32.7 Å². The van der Waals surface area contributed by atoms with Crippen LogP contribution in [0.25, 0.3) is 0 Å². The SMILES string of the molecule is CC(C)c1cc(C(=O)N2CCC(O)(CN3CCCC3)CC2)no1. The van der Waals surface area contributed by atoms with Crippen molar-refractivity contribution in [2.45, 2.75) is 51.0 Å². The molecule has 1 N–H and O–H groups in total. The van der Waals surface area contributed by atoms with Gasteiger partial charge >= 0.3 is 0 Å². The fraction of sp³-hybridized carbons (Fsp3) is 0.765. The Morgan fingerprint density at radius 1 is 1.30 bits per heavy atom. The van der Waals surface area contributed by atoms with E-state index < -0.39 is 5.60 Å². The van der Waals surface area contributed by atoms with Gasteiger partial charge in [-0.1, -0.05) is 19.0 Å². The Morgan fingerprint density at radius 2 is 1.96 bits per heavy atom. The van der Waals surface area contributed by atoms with Gasteiger partial charge in [0.1, 0.15) is 5.76 Å². The number of hydrogen-bond acceptors (Lipinski definition) is 5. The van der Waals surface area contributed by atoms with Crippen LogP contribution in [0.4, 0.5) is 0 Å². The summed E-state index contributed by atoms with van der Waals surface area (Å²) in [6.07, 6.45) is 3.71. The number of amides is 1. The van der Waals surface area contributed by atoms with E-state index in [1.807, 2.05) is 13.8 Å². The van der Waals surface area contributed by atoms with E-state index in [2.05, 4.69) is 10.1 Å². The van der Waals surface area contributed by atoms with Gasteiger partial charge in [-0.2, -0.15) is 0 Å². The second-order valence-corrected chi connectivity index (χ2v) is 7.27. The molecule has 0 aliphatic carbocycles. The maximum atomic E-state index is 12.5. The largest absolute Gasteiger partial charge is 0.388 e. The van der Waals surface area contributed by atoms with E-state index >= 15 is 0 Å². The lowest BCUT2D eigenvalue weighted by Crippen LogP contribution is -2.51. The molecule has 2 aliphatic rings. The Balaban J connectivity index is 1.56. The number of rotatable bonds is 4. The van der Waals surface area contributed by atoms with Crippen LogP contribution in [0, 0.1) is 0 Å². The Bertz CT molecular complexity index is 541. The van der Waals surface area contributed by atoms with Gasteiger partial charge in [0.15, 0.2) is 5.69 Å². The first kappa shape index (κ1) is 16.5. The summed E-state index contributed by atoms with van der Waals surface area (Å²) in [6, 6.07) is 1.73. The molecule has 6 heteroatoms. The van der Waals surface area contributed by atoms with Crippen molar-refractivity contribution in [3.8, 4) is 0 Å². The highest BCUT2D eigenvalue weighted by atomic mass is 16.5. The van der Waals surface area contributed by atoms with Crippen molar-refractivity contribution < 1.29 is 14.4 Å². The fourth-order valence-electron chi connectivity index (χ4n) is 3.47. The molecular formula is C17H27N3O3. The van der Waals surface area contributed by atoms with Crippen LogP contribution in [0.15, 0.2) is 10.6 Å². The number of likely N-dealkylation sites (tertiary alicyclic amines) is 2. The standard InChI is InChI=1S/C17H27N3O3/c1-13(2)15-11-14(18-23-15)16(21)20-9-5-17(22,6-10-20)12-19-7-3-4-8-19/h11,13,22H,3-10,12H2,1-2H3. The van der Waals surface area contributed by atoms with Gasteiger partial charge < -0.3 is 19.4 Å². The van der Waals surface area contributed by atoms with E-state index in [0.29, 0.717) is 31.6 Å². The lowest BCUT2D eigenvalue weighted by atomic mass is 9.90. The van der Waals surface area contributed by atoms with Crippen LogP contribution in [-0.4, -0.2) is 64.3 Å². The van der Waals surface area contributed by atoms with Crippen molar-refractivity contribution in [3.63, 3.8) is 0 Å². The normalized spacial score (nSPS) is 22.0. The van der Waals surface area contributed by atoms with E-state index in [9.17, 15) is 9.90 Å². The third-order valence-electron chi connectivity index (χ3n) is 5.01. The molecule has 1 aromatic heterocycles. The zero-order valence-electron chi connectivity index (χ0n) is 14.1. The summed E-state index contributed by atoms with van der Waals surface area (Å²) in [7, 11) is 0. The van der Waals surface area contributed by atoms with Crippen molar-refractivity contribution in [1.82, 2.24) is 15.0 Å². The van der Waals surface area contributed by atoms with Crippen molar-refractivity contribution in [3.05, 3.63) is 17.5 Å². The molecule has 0 aromatic carbocycles. The summed E-state index contributed by atoms with van der Waals surface area (Å²) < 4.78 is 5.21. The zero-order chi connectivity index (χ0) is 16.4. The topological polar surface area (TPSA) is 69.8 Å². The van der Waals surface area contributed by atoms with E-state index in [4.69, 9.17) is 4.52 Å². The second kappa shape index (κ2) is 6.61. The molecule has 0 radical (unpaired) electrons. The lowest BCUT2D eigenvalue weighted by Gasteiger charge is -2.40. The van der Waals surface area contributed by atoms with Crippen LogP contribution in [0.2, 0.25) is 0 Å². The number of hydrogen-bond donors (Lipinski definition) is 1. The third-order valence-corrected chi connectivity index (χ3v) is 5.01. The summed E-state index contributed by atoms with van der Waals surface area (Å²) in [4.78, 5) is 16.6. The van der Waals surface area contributed by atoms with E-state index in [0.717, 1.165) is 25.4 Å². The van der Waals surface area contributed by atoms with Gasteiger partial charge in [-0.25, -0.2) is 0 Å². The van der Waals surface area contributed by atoms with Crippen LogP contribution < -0.4 is 0 Å². The lowest BCUT2D eigenvalue weighted by molar-refractivity contribution is -0.0368. The van der Waals surface area contributed by atoms with Crippen molar-refractivity contribution in [1.29, 1.82) is 0 Å². The number of nitrogens with zero attached hydrogens (tertiary/aromatic N) is 3. The van der Waals surface area contributed by atoms with Gasteiger partial charge in [-0.3, -0.25) is 4.79 Å².